The maximum absolute atomic E-state index is 5.42. The highest BCUT2D eigenvalue weighted by Crippen LogP contribution is 2.15. The van der Waals surface area contributed by atoms with E-state index in [0.29, 0.717) is 12.1 Å². The molecular formula is C12H26N2O. The number of hydrogen-bond donors (Lipinski definition) is 1. The van der Waals surface area contributed by atoms with Gasteiger partial charge in [0, 0.05) is 25.2 Å². The van der Waals surface area contributed by atoms with Gasteiger partial charge in [0.15, 0.2) is 0 Å². The van der Waals surface area contributed by atoms with E-state index in [-0.39, 0.29) is 0 Å². The molecule has 0 spiro atoms. The molecule has 1 fully saturated rings. The predicted octanol–water partition coefficient (Wildman–Crippen LogP) is 1.34. The SMILES string of the molecule is CCOCC(C)NC1CCN(C)CC1C. The zero-order valence-corrected chi connectivity index (χ0v) is 10.6. The summed E-state index contributed by atoms with van der Waals surface area (Å²) < 4.78 is 5.42. The topological polar surface area (TPSA) is 24.5 Å². The van der Waals surface area contributed by atoms with Crippen molar-refractivity contribution in [1.82, 2.24) is 10.2 Å². The first-order valence-corrected chi connectivity index (χ1v) is 6.15. The van der Waals surface area contributed by atoms with Crippen LogP contribution in [0.1, 0.15) is 27.2 Å². The fourth-order valence-corrected chi connectivity index (χ4v) is 2.31. The Hall–Kier alpha value is -0.120. The molecule has 0 aromatic heterocycles. The largest absolute Gasteiger partial charge is 0.380 e. The van der Waals surface area contributed by atoms with Crippen LogP contribution in [0.15, 0.2) is 0 Å². The fraction of sp³-hybridized carbons (Fsp3) is 1.00. The molecule has 0 amide bonds. The predicted molar refractivity (Wildman–Crippen MR) is 64.2 cm³/mol. The van der Waals surface area contributed by atoms with E-state index in [1.165, 1.54) is 19.5 Å². The van der Waals surface area contributed by atoms with Crippen molar-refractivity contribution in [3.05, 3.63) is 0 Å². The van der Waals surface area contributed by atoms with Crippen molar-refractivity contribution in [1.29, 1.82) is 0 Å². The molecule has 0 saturated carbocycles. The van der Waals surface area contributed by atoms with Gasteiger partial charge in [-0.1, -0.05) is 6.92 Å². The first kappa shape index (κ1) is 12.9. The van der Waals surface area contributed by atoms with E-state index >= 15 is 0 Å². The first-order valence-electron chi connectivity index (χ1n) is 6.15. The molecule has 1 heterocycles. The van der Waals surface area contributed by atoms with Crippen LogP contribution in [-0.2, 0) is 4.74 Å². The van der Waals surface area contributed by atoms with Crippen LogP contribution in [0.25, 0.3) is 0 Å². The number of rotatable bonds is 5. The monoisotopic (exact) mass is 214 g/mol. The van der Waals surface area contributed by atoms with Gasteiger partial charge in [0.05, 0.1) is 6.61 Å². The molecule has 0 bridgehead atoms. The normalized spacial score (nSPS) is 30.4. The number of likely N-dealkylation sites (tertiary alicyclic amines) is 1. The Morgan fingerprint density at radius 3 is 2.87 bits per heavy atom. The third kappa shape index (κ3) is 4.49. The summed E-state index contributed by atoms with van der Waals surface area (Å²) in [4.78, 5) is 2.41. The number of piperidine rings is 1. The van der Waals surface area contributed by atoms with E-state index < -0.39 is 0 Å². The minimum atomic E-state index is 0.473. The maximum Gasteiger partial charge on any atom is 0.0616 e. The smallest absolute Gasteiger partial charge is 0.0616 e. The molecular weight excluding hydrogens is 188 g/mol. The van der Waals surface area contributed by atoms with Crippen LogP contribution >= 0.6 is 0 Å². The van der Waals surface area contributed by atoms with E-state index in [0.717, 1.165) is 19.1 Å². The van der Waals surface area contributed by atoms with E-state index in [1.54, 1.807) is 0 Å². The number of nitrogens with one attached hydrogen (secondary N) is 1. The second-order valence-electron chi connectivity index (χ2n) is 4.86. The lowest BCUT2D eigenvalue weighted by Crippen LogP contribution is -2.50. The maximum atomic E-state index is 5.42. The Kier molecular flexibility index (Phi) is 5.58. The van der Waals surface area contributed by atoms with Crippen molar-refractivity contribution in [2.45, 2.75) is 39.3 Å². The summed E-state index contributed by atoms with van der Waals surface area (Å²) in [6, 6.07) is 1.14. The molecule has 3 heteroatoms. The molecule has 0 aliphatic carbocycles. The molecule has 3 unspecified atom stereocenters. The van der Waals surface area contributed by atoms with Gasteiger partial charge < -0.3 is 15.0 Å². The molecule has 1 N–H and O–H groups in total. The Morgan fingerprint density at radius 2 is 2.27 bits per heavy atom. The zero-order chi connectivity index (χ0) is 11.3. The summed E-state index contributed by atoms with van der Waals surface area (Å²) in [6.07, 6.45) is 1.26. The molecule has 15 heavy (non-hydrogen) atoms. The summed E-state index contributed by atoms with van der Waals surface area (Å²) in [5, 5.41) is 3.67. The van der Waals surface area contributed by atoms with Crippen LogP contribution in [0.5, 0.6) is 0 Å². The highest BCUT2D eigenvalue weighted by Gasteiger charge is 2.24. The van der Waals surface area contributed by atoms with E-state index in [4.69, 9.17) is 4.74 Å². The van der Waals surface area contributed by atoms with Gasteiger partial charge in [-0.2, -0.15) is 0 Å². The molecule has 3 atom stereocenters. The minimum absolute atomic E-state index is 0.473. The standard InChI is InChI=1S/C12H26N2O/c1-5-15-9-11(3)13-12-6-7-14(4)8-10(12)2/h10-13H,5-9H2,1-4H3. The van der Waals surface area contributed by atoms with Crippen LogP contribution in [0, 0.1) is 5.92 Å². The highest BCUT2D eigenvalue weighted by atomic mass is 16.5. The van der Waals surface area contributed by atoms with Gasteiger partial charge in [-0.05, 0) is 39.8 Å². The second-order valence-corrected chi connectivity index (χ2v) is 4.86. The number of nitrogens with zero attached hydrogens (tertiary/aromatic N) is 1. The zero-order valence-electron chi connectivity index (χ0n) is 10.6. The third-order valence-electron chi connectivity index (χ3n) is 3.18. The minimum Gasteiger partial charge on any atom is -0.380 e. The number of ether oxygens (including phenoxy) is 1. The van der Waals surface area contributed by atoms with E-state index in [2.05, 4.69) is 31.1 Å². The van der Waals surface area contributed by atoms with Gasteiger partial charge in [-0.25, -0.2) is 0 Å². The molecule has 1 aliphatic heterocycles. The molecule has 0 aromatic carbocycles. The van der Waals surface area contributed by atoms with Gasteiger partial charge in [0.25, 0.3) is 0 Å². The van der Waals surface area contributed by atoms with Crippen molar-refractivity contribution in [2.75, 3.05) is 33.4 Å². The van der Waals surface area contributed by atoms with Crippen LogP contribution in [0.2, 0.25) is 0 Å². The van der Waals surface area contributed by atoms with Crippen molar-refractivity contribution >= 4 is 0 Å². The van der Waals surface area contributed by atoms with Crippen LogP contribution in [0.3, 0.4) is 0 Å². The Balaban J connectivity index is 2.25. The molecule has 1 rings (SSSR count). The first-order chi connectivity index (χ1) is 7.13. The van der Waals surface area contributed by atoms with Crippen molar-refractivity contribution < 1.29 is 4.74 Å². The van der Waals surface area contributed by atoms with Gasteiger partial charge >= 0.3 is 0 Å². The van der Waals surface area contributed by atoms with Gasteiger partial charge in [0.2, 0.25) is 0 Å². The third-order valence-corrected chi connectivity index (χ3v) is 3.18. The average Bonchev–Trinajstić information content (AvgIpc) is 2.19. The quantitative estimate of drug-likeness (QED) is 0.747. The lowest BCUT2D eigenvalue weighted by molar-refractivity contribution is 0.107. The van der Waals surface area contributed by atoms with Crippen LogP contribution < -0.4 is 5.32 Å². The van der Waals surface area contributed by atoms with Crippen molar-refractivity contribution in [3.8, 4) is 0 Å². The molecule has 0 radical (unpaired) electrons. The van der Waals surface area contributed by atoms with Crippen LogP contribution in [0.4, 0.5) is 0 Å². The molecule has 90 valence electrons. The average molecular weight is 214 g/mol. The highest BCUT2D eigenvalue weighted by molar-refractivity contribution is 4.83. The lowest BCUT2D eigenvalue weighted by atomic mass is 9.93. The van der Waals surface area contributed by atoms with Crippen LogP contribution in [-0.4, -0.2) is 50.3 Å². The molecule has 1 aliphatic rings. The lowest BCUT2D eigenvalue weighted by Gasteiger charge is -2.36. The Morgan fingerprint density at radius 1 is 1.53 bits per heavy atom. The summed E-state index contributed by atoms with van der Waals surface area (Å²) in [6.45, 7) is 10.7. The number of hydrogen-bond acceptors (Lipinski definition) is 3. The summed E-state index contributed by atoms with van der Waals surface area (Å²) >= 11 is 0. The van der Waals surface area contributed by atoms with E-state index in [1.807, 2.05) is 6.92 Å². The fourth-order valence-electron chi connectivity index (χ4n) is 2.31. The molecule has 3 nitrogen and oxygen atoms in total. The van der Waals surface area contributed by atoms with Crippen molar-refractivity contribution in [2.24, 2.45) is 5.92 Å². The second kappa shape index (κ2) is 6.46. The van der Waals surface area contributed by atoms with E-state index in [9.17, 15) is 0 Å². The van der Waals surface area contributed by atoms with Gasteiger partial charge in [-0.15, -0.1) is 0 Å². The molecule has 0 aromatic rings. The van der Waals surface area contributed by atoms with Gasteiger partial charge in [-0.3, -0.25) is 0 Å². The molecule has 1 saturated heterocycles. The van der Waals surface area contributed by atoms with Gasteiger partial charge in [0.1, 0.15) is 0 Å². The summed E-state index contributed by atoms with van der Waals surface area (Å²) in [5.74, 6) is 0.743. The summed E-state index contributed by atoms with van der Waals surface area (Å²) in [5.41, 5.74) is 0. The summed E-state index contributed by atoms with van der Waals surface area (Å²) in [7, 11) is 2.20. The Bertz CT molecular complexity index is 175. The van der Waals surface area contributed by atoms with Crippen molar-refractivity contribution in [3.63, 3.8) is 0 Å². The Labute approximate surface area is 94.2 Å².